The average Bonchev–Trinajstić information content (AvgIpc) is 2.30. The van der Waals surface area contributed by atoms with E-state index in [-0.39, 0.29) is 12.3 Å². The first kappa shape index (κ1) is 16.5. The minimum absolute atomic E-state index is 0.00787. The number of benzene rings is 1. The second kappa shape index (κ2) is 6.27. The molecule has 1 amide bonds. The fraction of sp³-hybridized carbons (Fsp3) is 0.467. The lowest BCUT2D eigenvalue weighted by atomic mass is 9.97. The van der Waals surface area contributed by atoms with Crippen molar-refractivity contribution in [2.75, 3.05) is 0 Å². The highest BCUT2D eigenvalue weighted by Gasteiger charge is 2.23. The Morgan fingerprint density at radius 1 is 1.25 bits per heavy atom. The summed E-state index contributed by atoms with van der Waals surface area (Å²) in [5.41, 5.74) is 1.83. The first-order chi connectivity index (χ1) is 9.12. The maximum absolute atomic E-state index is 12.2. The molecule has 4 nitrogen and oxygen atoms in total. The highest BCUT2D eigenvalue weighted by Crippen LogP contribution is 2.22. The van der Waals surface area contributed by atoms with E-state index in [0.29, 0.717) is 17.0 Å². The van der Waals surface area contributed by atoms with Crippen molar-refractivity contribution in [2.45, 2.75) is 46.1 Å². The summed E-state index contributed by atoms with van der Waals surface area (Å²) < 4.78 is 0. The topological polar surface area (TPSA) is 66.4 Å². The lowest BCUT2D eigenvalue weighted by Gasteiger charge is -2.26. The molecule has 0 spiro atoms. The third-order valence-corrected chi connectivity index (χ3v) is 3.56. The van der Waals surface area contributed by atoms with Gasteiger partial charge < -0.3 is 10.4 Å². The normalized spacial score (nSPS) is 11.2. The number of carbonyl (C=O) groups is 2. The van der Waals surface area contributed by atoms with Gasteiger partial charge in [0.1, 0.15) is 0 Å². The minimum Gasteiger partial charge on any atom is -0.481 e. The van der Waals surface area contributed by atoms with Crippen LogP contribution < -0.4 is 5.32 Å². The number of carboxylic acids is 1. The Bertz CT molecular complexity index is 538. The highest BCUT2D eigenvalue weighted by atomic mass is 35.5. The van der Waals surface area contributed by atoms with Gasteiger partial charge >= 0.3 is 5.97 Å². The van der Waals surface area contributed by atoms with Crippen molar-refractivity contribution in [3.63, 3.8) is 0 Å². The van der Waals surface area contributed by atoms with Crippen LogP contribution in [0.5, 0.6) is 0 Å². The molecule has 0 aromatic heterocycles. The van der Waals surface area contributed by atoms with Gasteiger partial charge in [-0.2, -0.15) is 0 Å². The number of aryl methyl sites for hydroxylation is 2. The van der Waals surface area contributed by atoms with Gasteiger partial charge in [-0.15, -0.1) is 0 Å². The zero-order valence-electron chi connectivity index (χ0n) is 12.2. The van der Waals surface area contributed by atoms with E-state index in [1.165, 1.54) is 0 Å². The molecular formula is C15H20ClNO3. The molecule has 110 valence electrons. The molecule has 0 bridgehead atoms. The quantitative estimate of drug-likeness (QED) is 0.876. The van der Waals surface area contributed by atoms with E-state index in [2.05, 4.69) is 5.32 Å². The molecule has 0 aliphatic heterocycles. The summed E-state index contributed by atoms with van der Waals surface area (Å²) in [7, 11) is 0. The minimum atomic E-state index is -0.878. The molecule has 0 atom stereocenters. The van der Waals surface area contributed by atoms with E-state index in [1.54, 1.807) is 26.0 Å². The van der Waals surface area contributed by atoms with Gasteiger partial charge in [0.25, 0.3) is 5.91 Å². The van der Waals surface area contributed by atoms with Gasteiger partial charge in [0, 0.05) is 12.0 Å². The number of hydrogen-bond acceptors (Lipinski definition) is 2. The summed E-state index contributed by atoms with van der Waals surface area (Å²) in [6.45, 7) is 7.43. The van der Waals surface area contributed by atoms with E-state index in [0.717, 1.165) is 11.1 Å². The van der Waals surface area contributed by atoms with Crippen LogP contribution in [0.2, 0.25) is 5.02 Å². The third kappa shape index (κ3) is 4.53. The number of carboxylic acid groups (broad SMARTS) is 1. The Hall–Kier alpha value is -1.55. The summed E-state index contributed by atoms with van der Waals surface area (Å²) in [5.74, 6) is -1.16. The molecule has 0 unspecified atom stereocenters. The maximum Gasteiger partial charge on any atom is 0.303 e. The standard InChI is InChI=1S/C15H20ClNO3/c1-9-7-11(12(16)8-10(9)2)14(20)17-15(3,4)6-5-13(18)19/h7-8H,5-6H2,1-4H3,(H,17,20)(H,18,19). The Morgan fingerprint density at radius 2 is 1.80 bits per heavy atom. The number of nitrogens with one attached hydrogen (secondary N) is 1. The first-order valence-electron chi connectivity index (χ1n) is 6.43. The summed E-state index contributed by atoms with van der Waals surface area (Å²) in [6.07, 6.45) is 0.366. The van der Waals surface area contributed by atoms with Crippen LogP contribution in [0.25, 0.3) is 0 Å². The van der Waals surface area contributed by atoms with E-state index < -0.39 is 11.5 Å². The van der Waals surface area contributed by atoms with Gasteiger partial charge in [0.05, 0.1) is 10.6 Å². The van der Waals surface area contributed by atoms with Crippen LogP contribution in [-0.4, -0.2) is 22.5 Å². The molecule has 0 saturated heterocycles. The van der Waals surface area contributed by atoms with Crippen molar-refractivity contribution in [3.05, 3.63) is 33.8 Å². The lowest BCUT2D eigenvalue weighted by molar-refractivity contribution is -0.137. The van der Waals surface area contributed by atoms with Gasteiger partial charge in [0.15, 0.2) is 0 Å². The fourth-order valence-corrected chi connectivity index (χ4v) is 2.12. The number of aliphatic carboxylic acids is 1. The zero-order chi connectivity index (χ0) is 15.5. The maximum atomic E-state index is 12.2. The summed E-state index contributed by atoms with van der Waals surface area (Å²) in [5, 5.41) is 11.9. The van der Waals surface area contributed by atoms with Crippen molar-refractivity contribution < 1.29 is 14.7 Å². The van der Waals surface area contributed by atoms with Gasteiger partial charge in [0.2, 0.25) is 0 Å². The average molecular weight is 298 g/mol. The molecule has 0 aliphatic rings. The summed E-state index contributed by atoms with van der Waals surface area (Å²) in [6, 6.07) is 3.51. The number of amides is 1. The first-order valence-corrected chi connectivity index (χ1v) is 6.81. The van der Waals surface area contributed by atoms with Gasteiger partial charge in [-0.1, -0.05) is 11.6 Å². The molecule has 5 heteroatoms. The van der Waals surface area contributed by atoms with Crippen LogP contribution in [-0.2, 0) is 4.79 Å². The molecular weight excluding hydrogens is 278 g/mol. The molecule has 1 aromatic rings. The third-order valence-electron chi connectivity index (χ3n) is 3.24. The molecule has 0 saturated carbocycles. The molecule has 0 heterocycles. The van der Waals surface area contributed by atoms with E-state index in [4.69, 9.17) is 16.7 Å². The summed E-state index contributed by atoms with van der Waals surface area (Å²) >= 11 is 6.10. The van der Waals surface area contributed by atoms with Crippen molar-refractivity contribution in [1.29, 1.82) is 0 Å². The Morgan fingerprint density at radius 3 is 2.35 bits per heavy atom. The van der Waals surface area contributed by atoms with Crippen LogP contribution in [0.4, 0.5) is 0 Å². The van der Waals surface area contributed by atoms with Gasteiger partial charge in [-0.05, 0) is 57.4 Å². The number of hydrogen-bond donors (Lipinski definition) is 2. The van der Waals surface area contributed by atoms with Crippen molar-refractivity contribution in [1.82, 2.24) is 5.32 Å². The Labute approximate surface area is 124 Å². The van der Waals surface area contributed by atoms with Crippen LogP contribution in [0.1, 0.15) is 48.2 Å². The van der Waals surface area contributed by atoms with E-state index in [9.17, 15) is 9.59 Å². The second-order valence-corrected chi connectivity index (χ2v) is 6.06. The van der Waals surface area contributed by atoms with Gasteiger partial charge in [-0.25, -0.2) is 0 Å². The Balaban J connectivity index is 2.86. The lowest BCUT2D eigenvalue weighted by Crippen LogP contribution is -2.43. The number of halogens is 1. The predicted octanol–water partition coefficient (Wildman–Crippen LogP) is 3.33. The van der Waals surface area contributed by atoms with Crippen molar-refractivity contribution >= 4 is 23.5 Å². The molecule has 1 aromatic carbocycles. The highest BCUT2D eigenvalue weighted by molar-refractivity contribution is 6.34. The van der Waals surface area contributed by atoms with Crippen LogP contribution in [0, 0.1) is 13.8 Å². The van der Waals surface area contributed by atoms with Gasteiger partial charge in [-0.3, -0.25) is 9.59 Å². The summed E-state index contributed by atoms with van der Waals surface area (Å²) in [4.78, 5) is 22.9. The number of rotatable bonds is 5. The molecule has 20 heavy (non-hydrogen) atoms. The van der Waals surface area contributed by atoms with Crippen LogP contribution >= 0.6 is 11.6 Å². The fourth-order valence-electron chi connectivity index (χ4n) is 1.81. The van der Waals surface area contributed by atoms with E-state index in [1.807, 2.05) is 13.8 Å². The van der Waals surface area contributed by atoms with Crippen LogP contribution in [0.15, 0.2) is 12.1 Å². The molecule has 2 N–H and O–H groups in total. The molecule has 0 radical (unpaired) electrons. The van der Waals surface area contributed by atoms with Crippen molar-refractivity contribution in [2.24, 2.45) is 0 Å². The largest absolute Gasteiger partial charge is 0.481 e. The predicted molar refractivity (Wildman–Crippen MR) is 79.3 cm³/mol. The van der Waals surface area contributed by atoms with Crippen molar-refractivity contribution in [3.8, 4) is 0 Å². The number of carbonyl (C=O) groups excluding carboxylic acids is 1. The molecule has 1 rings (SSSR count). The van der Waals surface area contributed by atoms with Crippen LogP contribution in [0.3, 0.4) is 0 Å². The SMILES string of the molecule is Cc1cc(Cl)c(C(=O)NC(C)(C)CCC(=O)O)cc1C. The zero-order valence-corrected chi connectivity index (χ0v) is 13.0. The van der Waals surface area contributed by atoms with E-state index >= 15 is 0 Å². The second-order valence-electron chi connectivity index (χ2n) is 5.65. The molecule has 0 fully saturated rings. The molecule has 0 aliphatic carbocycles. The Kier molecular flexibility index (Phi) is 5.17. The monoisotopic (exact) mass is 297 g/mol. The smallest absolute Gasteiger partial charge is 0.303 e.